The lowest BCUT2D eigenvalue weighted by Crippen LogP contribution is -3.15. The summed E-state index contributed by atoms with van der Waals surface area (Å²) in [5.74, 6) is -0.208. The maximum atomic E-state index is 13.1. The summed E-state index contributed by atoms with van der Waals surface area (Å²) in [7, 11) is -3.59. The number of piperazine rings is 1. The molecule has 32 heavy (non-hydrogen) atoms. The predicted octanol–water partition coefficient (Wildman–Crippen LogP) is 2.98. The Morgan fingerprint density at radius 2 is 1.72 bits per heavy atom. The second-order valence-electron chi connectivity index (χ2n) is 7.94. The molecule has 168 valence electrons. The van der Waals surface area contributed by atoms with Crippen LogP contribution in [0, 0.1) is 6.92 Å². The van der Waals surface area contributed by atoms with Gasteiger partial charge in [-0.15, -0.1) is 0 Å². The fourth-order valence-electron chi connectivity index (χ4n) is 3.88. The van der Waals surface area contributed by atoms with Crippen LogP contribution >= 0.6 is 23.2 Å². The summed E-state index contributed by atoms with van der Waals surface area (Å²) >= 11 is 12.4. The number of carbonyl (C=O) groups is 1. The smallest absolute Gasteiger partial charge is 0.279 e. The third-order valence-electron chi connectivity index (χ3n) is 5.75. The number of anilines is 1. The highest BCUT2D eigenvalue weighted by Gasteiger charge is 2.31. The zero-order chi connectivity index (χ0) is 22.9. The van der Waals surface area contributed by atoms with Crippen LogP contribution in [0.15, 0.2) is 59.5 Å². The van der Waals surface area contributed by atoms with Crippen molar-refractivity contribution in [2.24, 2.45) is 0 Å². The van der Waals surface area contributed by atoms with Crippen LogP contribution in [0.4, 0.5) is 5.69 Å². The van der Waals surface area contributed by atoms with Crippen molar-refractivity contribution in [3.63, 3.8) is 0 Å². The second-order valence-corrected chi connectivity index (χ2v) is 10.7. The number of nitrogens with one attached hydrogen (secondary N) is 2. The Kier molecular flexibility index (Phi) is 6.74. The summed E-state index contributed by atoms with van der Waals surface area (Å²) in [4.78, 5) is 13.8. The van der Waals surface area contributed by atoms with E-state index in [4.69, 9.17) is 23.2 Å². The van der Waals surface area contributed by atoms with Crippen LogP contribution in [-0.2, 0) is 14.8 Å². The van der Waals surface area contributed by atoms with Crippen molar-refractivity contribution in [3.8, 4) is 0 Å². The number of sulfonamides is 1. The van der Waals surface area contributed by atoms with E-state index in [1.54, 1.807) is 24.3 Å². The lowest BCUT2D eigenvalue weighted by Gasteiger charge is -2.31. The predicted molar refractivity (Wildman–Crippen MR) is 128 cm³/mol. The van der Waals surface area contributed by atoms with Gasteiger partial charge in [-0.1, -0.05) is 59.6 Å². The fraction of sp³-hybridized carbons (Fsp3) is 0.261. The molecule has 1 aliphatic rings. The first-order chi connectivity index (χ1) is 15.3. The number of hydrogen-bond acceptors (Lipinski definition) is 3. The molecule has 0 aliphatic carbocycles. The molecule has 3 aromatic rings. The highest BCUT2D eigenvalue weighted by Crippen LogP contribution is 2.32. The maximum absolute atomic E-state index is 13.1. The van der Waals surface area contributed by atoms with Gasteiger partial charge in [0.05, 0.1) is 46.8 Å². The molecule has 2 N–H and O–H groups in total. The van der Waals surface area contributed by atoms with E-state index in [1.807, 2.05) is 37.3 Å². The van der Waals surface area contributed by atoms with Crippen LogP contribution < -0.4 is 10.2 Å². The second kappa shape index (κ2) is 9.37. The first kappa shape index (κ1) is 23.0. The van der Waals surface area contributed by atoms with Gasteiger partial charge in [0.1, 0.15) is 0 Å². The Labute approximate surface area is 197 Å². The van der Waals surface area contributed by atoms with Gasteiger partial charge in [0.15, 0.2) is 6.54 Å². The Bertz CT molecular complexity index is 1270. The first-order valence-corrected chi connectivity index (χ1v) is 12.5. The molecule has 6 nitrogen and oxygen atoms in total. The number of amides is 1. The van der Waals surface area contributed by atoms with Crippen molar-refractivity contribution in [2.45, 2.75) is 11.8 Å². The third kappa shape index (κ3) is 4.77. The average molecular weight is 493 g/mol. The molecular formula is C23H24Cl2N3O3S+. The Balaban J connectivity index is 1.38. The van der Waals surface area contributed by atoms with Crippen LogP contribution in [0.2, 0.25) is 10.0 Å². The molecule has 0 saturated carbocycles. The number of hydrogen-bond donors (Lipinski definition) is 2. The quantitative estimate of drug-likeness (QED) is 0.574. The maximum Gasteiger partial charge on any atom is 0.279 e. The molecule has 1 heterocycles. The van der Waals surface area contributed by atoms with E-state index in [9.17, 15) is 13.2 Å². The molecule has 0 atom stereocenters. The third-order valence-corrected chi connectivity index (χ3v) is 8.44. The summed E-state index contributed by atoms with van der Waals surface area (Å²) in [6, 6.07) is 16.4. The van der Waals surface area contributed by atoms with E-state index in [0.29, 0.717) is 46.8 Å². The van der Waals surface area contributed by atoms with Crippen molar-refractivity contribution in [3.05, 3.63) is 70.2 Å². The SMILES string of the molecule is Cc1ccc(Cl)c(NC(=O)C[NH+]2CCN(S(=O)(=O)c3ccc4ccccc4c3)CC2)c1Cl. The van der Waals surface area contributed by atoms with Gasteiger partial charge in [0.25, 0.3) is 5.91 Å². The molecule has 1 saturated heterocycles. The van der Waals surface area contributed by atoms with Crippen molar-refractivity contribution >= 4 is 55.6 Å². The summed E-state index contributed by atoms with van der Waals surface area (Å²) in [5.41, 5.74) is 1.24. The largest absolute Gasteiger partial charge is 0.325 e. The molecule has 1 amide bonds. The average Bonchev–Trinajstić information content (AvgIpc) is 2.79. The van der Waals surface area contributed by atoms with E-state index in [-0.39, 0.29) is 12.5 Å². The number of quaternary nitrogens is 1. The van der Waals surface area contributed by atoms with Crippen LogP contribution in [0.1, 0.15) is 5.56 Å². The Morgan fingerprint density at radius 3 is 2.44 bits per heavy atom. The molecule has 9 heteroatoms. The number of carbonyl (C=O) groups excluding carboxylic acids is 1. The van der Waals surface area contributed by atoms with E-state index >= 15 is 0 Å². The number of rotatable bonds is 5. The van der Waals surface area contributed by atoms with Crippen LogP contribution in [0.25, 0.3) is 10.8 Å². The highest BCUT2D eigenvalue weighted by molar-refractivity contribution is 7.89. The molecule has 0 aromatic heterocycles. The minimum absolute atomic E-state index is 0.208. The van der Waals surface area contributed by atoms with Gasteiger partial charge in [0, 0.05) is 0 Å². The van der Waals surface area contributed by atoms with Gasteiger partial charge in [0.2, 0.25) is 10.0 Å². The zero-order valence-corrected chi connectivity index (χ0v) is 19.9. The number of aryl methyl sites for hydroxylation is 1. The van der Waals surface area contributed by atoms with E-state index in [1.165, 1.54) is 4.31 Å². The van der Waals surface area contributed by atoms with Crippen LogP contribution in [0.5, 0.6) is 0 Å². The van der Waals surface area contributed by atoms with Gasteiger partial charge < -0.3 is 10.2 Å². The molecule has 4 rings (SSSR count). The Morgan fingerprint density at radius 1 is 1.03 bits per heavy atom. The van der Waals surface area contributed by atoms with E-state index in [2.05, 4.69) is 5.32 Å². The number of halogens is 2. The normalized spacial score (nSPS) is 15.7. The fourth-order valence-corrected chi connectivity index (χ4v) is 5.82. The summed E-state index contributed by atoms with van der Waals surface area (Å²) in [6.45, 7) is 3.83. The zero-order valence-electron chi connectivity index (χ0n) is 17.6. The van der Waals surface area contributed by atoms with Crippen molar-refractivity contribution in [1.29, 1.82) is 0 Å². The lowest BCUT2D eigenvalue weighted by molar-refractivity contribution is -0.895. The molecule has 0 spiro atoms. The van der Waals surface area contributed by atoms with Crippen LogP contribution in [-0.4, -0.2) is 51.4 Å². The van der Waals surface area contributed by atoms with Crippen molar-refractivity contribution in [2.75, 3.05) is 38.0 Å². The van der Waals surface area contributed by atoms with Gasteiger partial charge in [-0.2, -0.15) is 4.31 Å². The standard InChI is InChI=1S/C23H23Cl2N3O3S/c1-16-6-9-20(24)23(22(16)25)26-21(29)15-27-10-12-28(13-11-27)32(30,31)19-8-7-17-4-2-3-5-18(17)14-19/h2-9,14H,10-13,15H2,1H3,(H,26,29)/p+1. The minimum Gasteiger partial charge on any atom is -0.325 e. The molecule has 0 radical (unpaired) electrons. The number of nitrogens with zero attached hydrogens (tertiary/aromatic N) is 1. The molecule has 1 fully saturated rings. The van der Waals surface area contributed by atoms with Gasteiger partial charge in [-0.05, 0) is 41.5 Å². The van der Waals surface area contributed by atoms with Crippen molar-refractivity contribution in [1.82, 2.24) is 4.31 Å². The topological polar surface area (TPSA) is 70.9 Å². The minimum atomic E-state index is -3.59. The van der Waals surface area contributed by atoms with Crippen molar-refractivity contribution < 1.29 is 18.1 Å². The molecule has 0 bridgehead atoms. The van der Waals surface area contributed by atoms with Gasteiger partial charge >= 0.3 is 0 Å². The molecule has 0 unspecified atom stereocenters. The van der Waals surface area contributed by atoms with Gasteiger partial charge in [-0.3, -0.25) is 4.79 Å². The van der Waals surface area contributed by atoms with E-state index in [0.717, 1.165) is 21.2 Å². The van der Waals surface area contributed by atoms with Gasteiger partial charge in [-0.25, -0.2) is 8.42 Å². The highest BCUT2D eigenvalue weighted by atomic mass is 35.5. The summed E-state index contributed by atoms with van der Waals surface area (Å²) < 4.78 is 27.7. The summed E-state index contributed by atoms with van der Waals surface area (Å²) in [5, 5.41) is 5.50. The van der Waals surface area contributed by atoms with Crippen LogP contribution in [0.3, 0.4) is 0 Å². The van der Waals surface area contributed by atoms with E-state index < -0.39 is 10.0 Å². The Hall–Kier alpha value is -2.16. The lowest BCUT2D eigenvalue weighted by atomic mass is 10.1. The first-order valence-electron chi connectivity index (χ1n) is 10.3. The molecule has 1 aliphatic heterocycles. The number of fused-ring (bicyclic) bond motifs is 1. The molecule has 3 aromatic carbocycles. The monoisotopic (exact) mass is 492 g/mol. The summed E-state index contributed by atoms with van der Waals surface area (Å²) in [6.07, 6.45) is 0. The molecular weight excluding hydrogens is 469 g/mol. The number of benzene rings is 3.